The fourth-order valence-electron chi connectivity index (χ4n) is 8.64. The Morgan fingerprint density at radius 1 is 0.547 bits per heavy atom. The van der Waals surface area contributed by atoms with E-state index in [2.05, 4.69) is 63.2 Å². The van der Waals surface area contributed by atoms with Gasteiger partial charge in [0.05, 0.1) is 20.9 Å². The topological polar surface area (TPSA) is 34.1 Å². The molecule has 2 aliphatic rings. The molecule has 2 nitrogen and oxygen atoms in total. The molecule has 7 rings (SSSR count). The lowest BCUT2D eigenvalue weighted by molar-refractivity contribution is 0.0189. The van der Waals surface area contributed by atoms with Crippen molar-refractivity contribution >= 4 is 45.6 Å². The fraction of sp³-hybridized carbons (Fsp3) is 0.435. The van der Waals surface area contributed by atoms with Gasteiger partial charge in [-0.05, 0) is 84.8 Å². The smallest absolute Gasteiger partial charge is 0.287 e. The van der Waals surface area contributed by atoms with Crippen molar-refractivity contribution in [2.75, 3.05) is 0 Å². The van der Waals surface area contributed by atoms with Crippen LogP contribution in [0, 0.1) is 13.8 Å². The zero-order valence-corrected chi connectivity index (χ0v) is 33.9. The molecule has 5 aromatic rings. The molecule has 0 atom stereocenters. The Bertz CT molecular complexity index is 2110. The first-order chi connectivity index (χ1) is 25.6. The molecule has 278 valence electrons. The number of rotatable bonds is 17. The summed E-state index contributed by atoms with van der Waals surface area (Å²) in [5.41, 5.74) is 7.71. The predicted octanol–water partition coefficient (Wildman–Crippen LogP) is 15.3. The fourth-order valence-corrected chi connectivity index (χ4v) is 12.0. The maximum atomic E-state index is 15.0. The van der Waals surface area contributed by atoms with Gasteiger partial charge in [0.25, 0.3) is 0 Å². The molecule has 2 aromatic carbocycles. The lowest BCUT2D eigenvalue weighted by atomic mass is 9.70. The summed E-state index contributed by atoms with van der Waals surface area (Å²) in [6.07, 6.45) is 17.4. The molecule has 0 aliphatic heterocycles. The molecule has 7 heteroatoms. The minimum atomic E-state index is -4.03. The monoisotopic (exact) mass is 768 g/mol. The Hall–Kier alpha value is -3.26. The van der Waals surface area contributed by atoms with Gasteiger partial charge >= 0.3 is 5.92 Å². The van der Waals surface area contributed by atoms with Crippen molar-refractivity contribution in [2.24, 2.45) is 0 Å². The SMILES string of the molecule is CCCCCCCCC1(CCCCCCCC)c2cc(C)ccc2-c2ccc(-c3ccc(-c4sc(-c5ccc(C)s5)c5c4C(=O)C(F)(F)C5=O)s3)cc21. The van der Waals surface area contributed by atoms with Crippen LogP contribution < -0.4 is 0 Å². The quantitative estimate of drug-likeness (QED) is 0.0697. The normalized spacial score (nSPS) is 15.3. The second-order valence-electron chi connectivity index (χ2n) is 15.2. The number of unbranched alkanes of at least 4 members (excludes halogenated alkanes) is 10. The first kappa shape index (κ1) is 38.0. The highest BCUT2D eigenvalue weighted by atomic mass is 32.1. The summed E-state index contributed by atoms with van der Waals surface area (Å²) in [5, 5.41) is 0. The first-order valence-electron chi connectivity index (χ1n) is 19.7. The number of Topliss-reactive ketones (excluding diaryl/α,β-unsaturated/α-hetero) is 2. The van der Waals surface area contributed by atoms with Crippen LogP contribution in [0.4, 0.5) is 8.78 Å². The summed E-state index contributed by atoms with van der Waals surface area (Å²) >= 11 is 4.26. The Labute approximate surface area is 325 Å². The standard InChI is InChI=1S/C46H50F2O2S3/c1-5-7-9-11-13-15-25-45(26-16-14-12-10-8-6-2)34-27-29(3)17-20-32(34)33-21-19-31(28-35(33)45)36-23-24-38(52-36)42-40-39(43(49)46(47,48)44(40)50)41(53-42)37-22-18-30(4)51-37/h17-24,27-28H,5-16,25-26H2,1-4H3. The largest absolute Gasteiger partial charge is 0.371 e. The summed E-state index contributed by atoms with van der Waals surface area (Å²) in [6.45, 7) is 8.70. The molecule has 53 heavy (non-hydrogen) atoms. The van der Waals surface area contributed by atoms with Crippen LogP contribution in [-0.4, -0.2) is 17.5 Å². The average molecular weight is 769 g/mol. The van der Waals surface area contributed by atoms with Gasteiger partial charge in [0, 0.05) is 24.9 Å². The first-order valence-corrected chi connectivity index (χ1v) is 22.1. The van der Waals surface area contributed by atoms with E-state index in [1.165, 1.54) is 139 Å². The van der Waals surface area contributed by atoms with Gasteiger partial charge in [0.1, 0.15) is 0 Å². The maximum absolute atomic E-state index is 15.0. The highest BCUT2D eigenvalue weighted by Crippen LogP contribution is 2.56. The van der Waals surface area contributed by atoms with Crippen LogP contribution >= 0.6 is 34.0 Å². The van der Waals surface area contributed by atoms with E-state index < -0.39 is 17.5 Å². The zero-order chi connectivity index (χ0) is 37.3. The highest BCUT2D eigenvalue weighted by Gasteiger charge is 2.58. The second kappa shape index (κ2) is 15.8. The van der Waals surface area contributed by atoms with Crippen molar-refractivity contribution in [3.05, 3.63) is 93.4 Å². The molecule has 0 bridgehead atoms. The van der Waals surface area contributed by atoms with Crippen molar-refractivity contribution in [3.63, 3.8) is 0 Å². The molecule has 0 spiro atoms. The number of ketones is 2. The van der Waals surface area contributed by atoms with E-state index in [-0.39, 0.29) is 16.5 Å². The van der Waals surface area contributed by atoms with Crippen LogP contribution in [0.2, 0.25) is 0 Å². The highest BCUT2D eigenvalue weighted by molar-refractivity contribution is 7.28. The molecule has 2 aliphatic carbocycles. The molecule has 0 unspecified atom stereocenters. The second-order valence-corrected chi connectivity index (χ2v) is 18.6. The van der Waals surface area contributed by atoms with Crippen LogP contribution in [0.15, 0.2) is 60.7 Å². The molecular weight excluding hydrogens is 719 g/mol. The van der Waals surface area contributed by atoms with Gasteiger partial charge in [-0.2, -0.15) is 8.78 Å². The number of benzene rings is 2. The van der Waals surface area contributed by atoms with E-state index in [1.54, 1.807) is 0 Å². The minimum Gasteiger partial charge on any atom is -0.287 e. The summed E-state index contributed by atoms with van der Waals surface area (Å²) in [4.78, 5) is 30.6. The third kappa shape index (κ3) is 7.07. The van der Waals surface area contributed by atoms with E-state index in [9.17, 15) is 9.59 Å². The van der Waals surface area contributed by atoms with Gasteiger partial charge in [-0.25, -0.2) is 0 Å². The Morgan fingerprint density at radius 2 is 1.06 bits per heavy atom. The van der Waals surface area contributed by atoms with E-state index in [1.807, 2.05) is 25.1 Å². The summed E-state index contributed by atoms with van der Waals surface area (Å²) < 4.78 is 30.0. The molecule has 0 N–H and O–H groups in total. The van der Waals surface area contributed by atoms with E-state index in [0.717, 1.165) is 37.9 Å². The van der Waals surface area contributed by atoms with Crippen molar-refractivity contribution in [1.82, 2.24) is 0 Å². The summed E-state index contributed by atoms with van der Waals surface area (Å²) in [7, 11) is 0. The van der Waals surface area contributed by atoms with Crippen LogP contribution in [0.3, 0.4) is 0 Å². The van der Waals surface area contributed by atoms with Gasteiger partial charge in [0.2, 0.25) is 11.6 Å². The number of alkyl halides is 2. The lowest BCUT2D eigenvalue weighted by Crippen LogP contribution is -2.30. The van der Waals surface area contributed by atoms with Gasteiger partial charge in [0.15, 0.2) is 0 Å². The molecule has 3 heterocycles. The van der Waals surface area contributed by atoms with Crippen LogP contribution in [0.1, 0.15) is 146 Å². The minimum absolute atomic E-state index is 0.0526. The van der Waals surface area contributed by atoms with E-state index in [4.69, 9.17) is 0 Å². The van der Waals surface area contributed by atoms with Crippen molar-refractivity contribution in [1.29, 1.82) is 0 Å². The number of halogens is 2. The number of hydrogen-bond acceptors (Lipinski definition) is 5. The molecule has 3 aromatic heterocycles. The van der Waals surface area contributed by atoms with Gasteiger partial charge in [-0.3, -0.25) is 9.59 Å². The molecule has 0 saturated carbocycles. The Balaban J connectivity index is 1.27. The number of carbonyl (C=O) groups excluding carboxylic acids is 2. The molecule has 0 amide bonds. The zero-order valence-electron chi connectivity index (χ0n) is 31.5. The third-order valence-corrected chi connectivity index (χ3v) is 15.1. The maximum Gasteiger partial charge on any atom is 0.371 e. The Morgan fingerprint density at radius 3 is 1.64 bits per heavy atom. The van der Waals surface area contributed by atoms with E-state index in [0.29, 0.717) is 9.75 Å². The lowest BCUT2D eigenvalue weighted by Gasteiger charge is -2.33. The number of carbonyl (C=O) groups is 2. The molecular formula is C46H50F2O2S3. The summed E-state index contributed by atoms with van der Waals surface area (Å²) in [6, 6.07) is 21.7. The molecule has 0 radical (unpaired) electrons. The van der Waals surface area contributed by atoms with Crippen LogP contribution in [0.5, 0.6) is 0 Å². The van der Waals surface area contributed by atoms with Crippen molar-refractivity contribution < 1.29 is 18.4 Å². The van der Waals surface area contributed by atoms with Crippen molar-refractivity contribution in [2.45, 2.75) is 129 Å². The number of aryl methyl sites for hydroxylation is 2. The molecule has 0 fully saturated rings. The van der Waals surface area contributed by atoms with Crippen molar-refractivity contribution in [3.8, 4) is 41.1 Å². The summed E-state index contributed by atoms with van der Waals surface area (Å²) in [5.74, 6) is -6.78. The molecule has 0 saturated heterocycles. The predicted molar refractivity (Wildman–Crippen MR) is 222 cm³/mol. The van der Waals surface area contributed by atoms with E-state index >= 15 is 8.78 Å². The average Bonchev–Trinajstić information content (AvgIpc) is 3.96. The third-order valence-electron chi connectivity index (χ3n) is 11.4. The van der Waals surface area contributed by atoms with Crippen LogP contribution in [-0.2, 0) is 5.41 Å². The Kier molecular flexibility index (Phi) is 11.4. The van der Waals surface area contributed by atoms with Gasteiger partial charge in [-0.15, -0.1) is 34.0 Å². The number of hydrogen-bond donors (Lipinski definition) is 0. The van der Waals surface area contributed by atoms with Gasteiger partial charge < -0.3 is 0 Å². The number of fused-ring (bicyclic) bond motifs is 4. The number of thiophene rings is 3. The van der Waals surface area contributed by atoms with Crippen LogP contribution in [0.25, 0.3) is 41.1 Å². The van der Waals surface area contributed by atoms with Gasteiger partial charge in [-0.1, -0.05) is 127 Å².